The maximum atomic E-state index is 13.7. The Hall–Kier alpha value is -3.65. The molecule has 1 atom stereocenters. The summed E-state index contributed by atoms with van der Waals surface area (Å²) in [4.78, 5) is 13.7. The summed E-state index contributed by atoms with van der Waals surface area (Å²) in [5.74, 6) is 1.18. The van der Waals surface area contributed by atoms with Crippen LogP contribution in [0.15, 0.2) is 66.3 Å². The van der Waals surface area contributed by atoms with Crippen LogP contribution in [-0.4, -0.2) is 34.2 Å². The maximum Gasteiger partial charge on any atom is 0.192 e. The number of aryl methyl sites for hydroxylation is 1. The minimum atomic E-state index is -0.621. The van der Waals surface area contributed by atoms with E-state index in [1.165, 1.54) is 11.5 Å². The molecule has 0 spiro atoms. The van der Waals surface area contributed by atoms with E-state index in [0.29, 0.717) is 28.4 Å². The number of aromatic nitrogens is 3. The topological polar surface area (TPSA) is 78.3 Å². The summed E-state index contributed by atoms with van der Waals surface area (Å²) in [7, 11) is 5.02. The lowest BCUT2D eigenvalue weighted by molar-refractivity contribution is 0.0970. The molecule has 4 aromatic rings. The molecular weight excluding hydrogens is 412 g/mol. The zero-order valence-electron chi connectivity index (χ0n) is 17.4. The molecule has 0 aliphatic carbocycles. The van der Waals surface area contributed by atoms with Crippen LogP contribution in [0.25, 0.3) is 11.3 Å². The highest BCUT2D eigenvalue weighted by molar-refractivity contribution is 7.04. The van der Waals surface area contributed by atoms with Crippen LogP contribution < -0.4 is 14.8 Å². The Morgan fingerprint density at radius 3 is 2.42 bits per heavy atom. The van der Waals surface area contributed by atoms with Gasteiger partial charge in [0.15, 0.2) is 5.78 Å². The van der Waals surface area contributed by atoms with Crippen LogP contribution in [0, 0.1) is 0 Å². The van der Waals surface area contributed by atoms with E-state index in [9.17, 15) is 4.79 Å². The van der Waals surface area contributed by atoms with E-state index in [-0.39, 0.29) is 5.78 Å². The van der Waals surface area contributed by atoms with Crippen molar-refractivity contribution < 1.29 is 14.3 Å². The highest BCUT2D eigenvalue weighted by Crippen LogP contribution is 2.32. The number of hydrogen-bond donors (Lipinski definition) is 1. The SMILES string of the molecule is COc1cc(NC(C(=O)c2csnc2-c2cnn(C)c2)c2ccccc2)cc(OC)c1. The molecule has 8 heteroatoms. The highest BCUT2D eigenvalue weighted by Gasteiger charge is 2.27. The van der Waals surface area contributed by atoms with E-state index in [1.807, 2.05) is 55.7 Å². The second-order valence-electron chi connectivity index (χ2n) is 6.93. The van der Waals surface area contributed by atoms with Crippen molar-refractivity contribution in [2.75, 3.05) is 19.5 Å². The van der Waals surface area contributed by atoms with E-state index in [0.717, 1.165) is 11.1 Å². The predicted octanol–water partition coefficient (Wildman–Crippen LogP) is 4.60. The van der Waals surface area contributed by atoms with Crippen molar-refractivity contribution >= 4 is 23.0 Å². The van der Waals surface area contributed by atoms with Crippen LogP contribution >= 0.6 is 11.5 Å². The number of methoxy groups -OCH3 is 2. The molecule has 7 nitrogen and oxygen atoms in total. The summed E-state index contributed by atoms with van der Waals surface area (Å²) in [6.45, 7) is 0. The van der Waals surface area contributed by atoms with Gasteiger partial charge in [0.05, 0.1) is 31.7 Å². The fourth-order valence-electron chi connectivity index (χ4n) is 3.32. The number of carbonyl (C=O) groups is 1. The zero-order chi connectivity index (χ0) is 21.8. The number of ketones is 1. The molecule has 4 rings (SSSR count). The van der Waals surface area contributed by atoms with E-state index >= 15 is 0 Å². The Labute approximate surface area is 184 Å². The van der Waals surface area contributed by atoms with Crippen molar-refractivity contribution in [2.24, 2.45) is 7.05 Å². The first-order valence-electron chi connectivity index (χ1n) is 9.61. The van der Waals surface area contributed by atoms with Gasteiger partial charge >= 0.3 is 0 Å². The summed E-state index contributed by atoms with van der Waals surface area (Å²) in [6.07, 6.45) is 3.56. The van der Waals surface area contributed by atoms with Crippen LogP contribution in [-0.2, 0) is 7.05 Å². The summed E-state index contributed by atoms with van der Waals surface area (Å²) < 4.78 is 16.9. The molecule has 31 heavy (non-hydrogen) atoms. The van der Waals surface area contributed by atoms with Gasteiger partial charge in [-0.25, -0.2) is 0 Å². The van der Waals surface area contributed by atoms with Crippen LogP contribution in [0.5, 0.6) is 11.5 Å². The molecule has 0 amide bonds. The lowest BCUT2D eigenvalue weighted by Crippen LogP contribution is -2.21. The lowest BCUT2D eigenvalue weighted by Gasteiger charge is -2.20. The van der Waals surface area contributed by atoms with Crippen LogP contribution in [0.4, 0.5) is 5.69 Å². The van der Waals surface area contributed by atoms with Crippen molar-refractivity contribution in [3.05, 3.63) is 77.4 Å². The molecule has 0 bridgehead atoms. The fourth-order valence-corrected chi connectivity index (χ4v) is 4.02. The molecular formula is C23H22N4O3S. The lowest BCUT2D eigenvalue weighted by atomic mass is 9.96. The standard InChI is InChI=1S/C23H22N4O3S/c1-27-13-16(12-24-27)21-20(14-31-26-21)23(28)22(15-7-5-4-6-8-15)25-17-9-18(29-2)11-19(10-17)30-3/h4-14,22,25H,1-3H3. The summed E-state index contributed by atoms with van der Waals surface area (Å²) in [5.41, 5.74) is 3.55. The van der Waals surface area contributed by atoms with Crippen molar-refractivity contribution in [3.63, 3.8) is 0 Å². The van der Waals surface area contributed by atoms with Crippen molar-refractivity contribution in [2.45, 2.75) is 6.04 Å². The normalized spacial score (nSPS) is 11.7. The summed E-state index contributed by atoms with van der Waals surface area (Å²) in [6, 6.07) is 14.4. The second-order valence-corrected chi connectivity index (χ2v) is 7.56. The van der Waals surface area contributed by atoms with Crippen LogP contribution in [0.3, 0.4) is 0 Å². The predicted molar refractivity (Wildman–Crippen MR) is 121 cm³/mol. The minimum Gasteiger partial charge on any atom is -0.497 e. The number of nitrogens with zero attached hydrogens (tertiary/aromatic N) is 3. The van der Waals surface area contributed by atoms with Gasteiger partial charge in [0, 0.05) is 48.1 Å². The van der Waals surface area contributed by atoms with Gasteiger partial charge in [0.2, 0.25) is 0 Å². The average molecular weight is 435 g/mol. The van der Waals surface area contributed by atoms with Crippen LogP contribution in [0.2, 0.25) is 0 Å². The van der Waals surface area contributed by atoms with E-state index in [4.69, 9.17) is 9.47 Å². The number of ether oxygens (including phenoxy) is 2. The van der Waals surface area contributed by atoms with Gasteiger partial charge in [-0.1, -0.05) is 30.3 Å². The monoisotopic (exact) mass is 434 g/mol. The number of hydrogen-bond acceptors (Lipinski definition) is 7. The van der Waals surface area contributed by atoms with E-state index < -0.39 is 6.04 Å². The Bertz CT molecular complexity index is 1160. The Morgan fingerprint density at radius 2 is 1.81 bits per heavy atom. The van der Waals surface area contributed by atoms with Crippen molar-refractivity contribution in [3.8, 4) is 22.8 Å². The van der Waals surface area contributed by atoms with E-state index in [2.05, 4.69) is 14.8 Å². The Morgan fingerprint density at radius 1 is 1.10 bits per heavy atom. The second kappa shape index (κ2) is 9.01. The number of anilines is 1. The molecule has 2 aromatic carbocycles. The smallest absolute Gasteiger partial charge is 0.192 e. The van der Waals surface area contributed by atoms with Gasteiger partial charge in [-0.2, -0.15) is 9.47 Å². The van der Waals surface area contributed by atoms with Gasteiger partial charge in [-0.05, 0) is 17.1 Å². The van der Waals surface area contributed by atoms with Gasteiger partial charge in [-0.3, -0.25) is 9.48 Å². The number of rotatable bonds is 8. The first-order chi connectivity index (χ1) is 15.1. The molecule has 0 aliphatic rings. The van der Waals surface area contributed by atoms with Gasteiger partial charge < -0.3 is 14.8 Å². The van der Waals surface area contributed by atoms with Gasteiger partial charge in [0.25, 0.3) is 0 Å². The molecule has 158 valence electrons. The first-order valence-corrected chi connectivity index (χ1v) is 10.4. The average Bonchev–Trinajstić information content (AvgIpc) is 3.46. The molecule has 1 unspecified atom stereocenters. The summed E-state index contributed by atoms with van der Waals surface area (Å²) in [5, 5.41) is 9.36. The molecule has 0 fully saturated rings. The van der Waals surface area contributed by atoms with Crippen molar-refractivity contribution in [1.82, 2.24) is 14.2 Å². The number of nitrogens with one attached hydrogen (secondary N) is 1. The Balaban J connectivity index is 1.74. The fraction of sp³-hybridized carbons (Fsp3) is 0.174. The third-order valence-electron chi connectivity index (χ3n) is 4.87. The van der Waals surface area contributed by atoms with Crippen LogP contribution in [0.1, 0.15) is 22.0 Å². The van der Waals surface area contributed by atoms with Gasteiger partial charge in [0.1, 0.15) is 17.5 Å². The number of Topliss-reactive ketones (excluding diaryl/α,β-unsaturated/α-hetero) is 1. The molecule has 2 aromatic heterocycles. The molecule has 0 saturated carbocycles. The third kappa shape index (κ3) is 4.44. The molecule has 1 N–H and O–H groups in total. The van der Waals surface area contributed by atoms with E-state index in [1.54, 1.807) is 36.5 Å². The largest absolute Gasteiger partial charge is 0.497 e. The number of benzene rings is 2. The maximum absolute atomic E-state index is 13.7. The molecule has 0 aliphatic heterocycles. The number of carbonyl (C=O) groups excluding carboxylic acids is 1. The molecule has 0 radical (unpaired) electrons. The molecule has 2 heterocycles. The summed E-state index contributed by atoms with van der Waals surface area (Å²) >= 11 is 1.25. The highest BCUT2D eigenvalue weighted by atomic mass is 32.1. The van der Waals surface area contributed by atoms with Crippen molar-refractivity contribution in [1.29, 1.82) is 0 Å². The first kappa shape index (κ1) is 20.6. The quantitative estimate of drug-likeness (QED) is 0.409. The zero-order valence-corrected chi connectivity index (χ0v) is 18.2. The minimum absolute atomic E-state index is 0.0828. The third-order valence-corrected chi connectivity index (χ3v) is 5.50. The molecule has 0 saturated heterocycles. The Kier molecular flexibility index (Phi) is 5.99. The van der Waals surface area contributed by atoms with Gasteiger partial charge in [-0.15, -0.1) is 0 Å².